The first-order valence-electron chi connectivity index (χ1n) is 8.48. The summed E-state index contributed by atoms with van der Waals surface area (Å²) in [7, 11) is 0. The van der Waals surface area contributed by atoms with Gasteiger partial charge in [0.1, 0.15) is 6.17 Å². The molecule has 1 N–H and O–H groups in total. The summed E-state index contributed by atoms with van der Waals surface area (Å²) in [5.41, 5.74) is 8.57. The van der Waals surface area contributed by atoms with Gasteiger partial charge in [-0.3, -0.25) is 19.3 Å². The molecule has 1 unspecified atom stereocenters. The average molecular weight is 388 g/mol. The van der Waals surface area contributed by atoms with Gasteiger partial charge in [0.05, 0.1) is 59.3 Å². The Balaban J connectivity index is 2.00. The monoisotopic (exact) mass is 388 g/mol. The van der Waals surface area contributed by atoms with Crippen LogP contribution in [0.5, 0.6) is 0 Å². The Morgan fingerprint density at radius 2 is 1.48 bits per heavy atom. The standard InChI is InChI=1S/C15H24N4O8/c16-18-17-12(19-13(20)1-2-14(19)21)11-27-10-9-26-8-7-25-6-5-24-4-3-15(22)23/h12H,1-11H2,(H,22,23). The van der Waals surface area contributed by atoms with Crippen LogP contribution in [0, 0.1) is 0 Å². The van der Waals surface area contributed by atoms with Crippen molar-refractivity contribution >= 4 is 17.8 Å². The van der Waals surface area contributed by atoms with Crippen molar-refractivity contribution in [1.82, 2.24) is 4.90 Å². The first-order valence-corrected chi connectivity index (χ1v) is 8.48. The molecule has 2 amide bonds. The second-order valence-corrected chi connectivity index (χ2v) is 5.40. The molecule has 0 aliphatic carbocycles. The van der Waals surface area contributed by atoms with Crippen LogP contribution in [0.2, 0.25) is 0 Å². The molecule has 1 aliphatic rings. The molecule has 1 heterocycles. The fourth-order valence-electron chi connectivity index (χ4n) is 2.15. The number of hydrogen-bond donors (Lipinski definition) is 1. The molecule has 1 saturated heterocycles. The lowest BCUT2D eigenvalue weighted by Gasteiger charge is -2.21. The van der Waals surface area contributed by atoms with Gasteiger partial charge in [-0.2, -0.15) is 0 Å². The number of ether oxygens (including phenoxy) is 4. The molecule has 0 spiro atoms. The van der Waals surface area contributed by atoms with Crippen molar-refractivity contribution in [3.63, 3.8) is 0 Å². The molecule has 1 fully saturated rings. The van der Waals surface area contributed by atoms with Gasteiger partial charge < -0.3 is 24.1 Å². The van der Waals surface area contributed by atoms with E-state index in [4.69, 9.17) is 29.6 Å². The van der Waals surface area contributed by atoms with Gasteiger partial charge in [-0.25, -0.2) is 0 Å². The average Bonchev–Trinajstić information content (AvgIpc) is 2.96. The van der Waals surface area contributed by atoms with E-state index in [0.717, 1.165) is 4.90 Å². The molecule has 0 saturated carbocycles. The Morgan fingerprint density at radius 3 is 1.96 bits per heavy atom. The van der Waals surface area contributed by atoms with E-state index in [2.05, 4.69) is 10.0 Å². The molecule has 152 valence electrons. The lowest BCUT2D eigenvalue weighted by Crippen LogP contribution is -2.41. The van der Waals surface area contributed by atoms with E-state index in [1.165, 1.54) is 0 Å². The Hall–Kier alpha value is -2.24. The summed E-state index contributed by atoms with van der Waals surface area (Å²) in [5, 5.41) is 11.9. The van der Waals surface area contributed by atoms with E-state index < -0.39 is 12.1 Å². The lowest BCUT2D eigenvalue weighted by atomic mass is 10.4. The predicted octanol–water partition coefficient (Wildman–Crippen LogP) is 0.313. The number of aliphatic carboxylic acids is 1. The highest BCUT2D eigenvalue weighted by Crippen LogP contribution is 2.16. The number of carbonyl (C=O) groups is 3. The summed E-state index contributed by atoms with van der Waals surface area (Å²) >= 11 is 0. The van der Waals surface area contributed by atoms with Gasteiger partial charge in [-0.1, -0.05) is 5.11 Å². The summed E-state index contributed by atoms with van der Waals surface area (Å²) in [6.45, 7) is 1.86. The van der Waals surface area contributed by atoms with Gasteiger partial charge in [0.15, 0.2) is 0 Å². The number of likely N-dealkylation sites (tertiary alicyclic amines) is 1. The number of carboxylic acids is 1. The molecule has 12 heteroatoms. The molecule has 1 aliphatic heterocycles. The molecule has 0 aromatic carbocycles. The van der Waals surface area contributed by atoms with E-state index in [1.54, 1.807) is 0 Å². The largest absolute Gasteiger partial charge is 0.481 e. The maximum Gasteiger partial charge on any atom is 0.305 e. The van der Waals surface area contributed by atoms with Crippen molar-refractivity contribution in [2.75, 3.05) is 52.9 Å². The SMILES string of the molecule is [N-]=[N+]=NC(COCCOCCOCCOCCC(=O)O)N1C(=O)CCC1=O. The van der Waals surface area contributed by atoms with Crippen LogP contribution in [0.4, 0.5) is 0 Å². The Morgan fingerprint density at radius 1 is 1.00 bits per heavy atom. The zero-order valence-electron chi connectivity index (χ0n) is 14.9. The lowest BCUT2D eigenvalue weighted by molar-refractivity contribution is -0.142. The van der Waals surface area contributed by atoms with Crippen molar-refractivity contribution in [1.29, 1.82) is 0 Å². The number of azide groups is 1. The zero-order valence-corrected chi connectivity index (χ0v) is 14.9. The third kappa shape index (κ3) is 9.87. The van der Waals surface area contributed by atoms with Crippen LogP contribution in [0.15, 0.2) is 5.11 Å². The fraction of sp³-hybridized carbons (Fsp3) is 0.800. The summed E-state index contributed by atoms with van der Waals surface area (Å²) in [5.74, 6) is -1.65. The van der Waals surface area contributed by atoms with Crippen LogP contribution >= 0.6 is 0 Å². The van der Waals surface area contributed by atoms with Crippen LogP contribution in [0.1, 0.15) is 19.3 Å². The number of carboxylic acid groups (broad SMARTS) is 1. The highest BCUT2D eigenvalue weighted by Gasteiger charge is 2.34. The number of amides is 2. The van der Waals surface area contributed by atoms with Crippen LogP contribution < -0.4 is 0 Å². The number of carbonyl (C=O) groups excluding carboxylic acids is 2. The van der Waals surface area contributed by atoms with Gasteiger partial charge >= 0.3 is 5.97 Å². The number of nitrogens with zero attached hydrogens (tertiary/aromatic N) is 4. The minimum atomic E-state index is -0.984. The maximum atomic E-state index is 11.6. The number of rotatable bonds is 16. The summed E-state index contributed by atoms with van der Waals surface area (Å²) < 4.78 is 20.9. The molecule has 0 radical (unpaired) electrons. The van der Waals surface area contributed by atoms with Crippen LogP contribution in [-0.2, 0) is 33.3 Å². The predicted molar refractivity (Wildman–Crippen MR) is 89.5 cm³/mol. The van der Waals surface area contributed by atoms with E-state index >= 15 is 0 Å². The van der Waals surface area contributed by atoms with Crippen molar-refractivity contribution in [3.05, 3.63) is 10.4 Å². The normalized spacial score (nSPS) is 15.0. The molecular weight excluding hydrogens is 364 g/mol. The quantitative estimate of drug-likeness (QED) is 0.130. The second kappa shape index (κ2) is 13.9. The van der Waals surface area contributed by atoms with Crippen molar-refractivity contribution in [3.8, 4) is 0 Å². The van der Waals surface area contributed by atoms with Gasteiger partial charge in [0, 0.05) is 17.8 Å². The van der Waals surface area contributed by atoms with Crippen LogP contribution in [-0.4, -0.2) is 86.8 Å². The van der Waals surface area contributed by atoms with E-state index in [-0.39, 0.29) is 57.5 Å². The summed E-state index contributed by atoms with van der Waals surface area (Å²) in [6.07, 6.45) is -0.792. The van der Waals surface area contributed by atoms with Crippen molar-refractivity contribution in [2.24, 2.45) is 5.11 Å². The molecular formula is C15H24N4O8. The molecule has 1 atom stereocenters. The fourth-order valence-corrected chi connectivity index (χ4v) is 2.15. The number of hydrogen-bond acceptors (Lipinski definition) is 8. The van der Waals surface area contributed by atoms with Gasteiger partial charge in [0.2, 0.25) is 11.8 Å². The number of imide groups is 1. The molecule has 1 rings (SSSR count). The first-order chi connectivity index (χ1) is 13.1. The van der Waals surface area contributed by atoms with Crippen LogP contribution in [0.25, 0.3) is 10.4 Å². The molecule has 27 heavy (non-hydrogen) atoms. The van der Waals surface area contributed by atoms with Gasteiger partial charge in [-0.05, 0) is 5.53 Å². The highest BCUT2D eigenvalue weighted by atomic mass is 16.6. The minimum Gasteiger partial charge on any atom is -0.481 e. The Labute approximate surface area is 155 Å². The second-order valence-electron chi connectivity index (χ2n) is 5.40. The third-order valence-corrected chi connectivity index (χ3v) is 3.42. The van der Waals surface area contributed by atoms with Crippen molar-refractivity contribution in [2.45, 2.75) is 25.4 Å². The third-order valence-electron chi connectivity index (χ3n) is 3.42. The summed E-state index contributed by atoms with van der Waals surface area (Å²) in [4.78, 5) is 37.1. The molecule has 0 aromatic rings. The van der Waals surface area contributed by atoms with Gasteiger partial charge in [-0.15, -0.1) is 0 Å². The van der Waals surface area contributed by atoms with Gasteiger partial charge in [0.25, 0.3) is 0 Å². The zero-order chi connectivity index (χ0) is 19.9. The maximum absolute atomic E-state index is 11.6. The highest BCUT2D eigenvalue weighted by molar-refractivity contribution is 6.02. The minimum absolute atomic E-state index is 0.0380. The Bertz CT molecular complexity index is 522. The Kier molecular flexibility index (Phi) is 11.7. The van der Waals surface area contributed by atoms with E-state index in [1.807, 2.05) is 0 Å². The molecule has 0 aromatic heterocycles. The summed E-state index contributed by atoms with van der Waals surface area (Å²) in [6, 6.07) is 0. The first kappa shape index (κ1) is 22.8. The molecule has 0 bridgehead atoms. The molecule has 12 nitrogen and oxygen atoms in total. The van der Waals surface area contributed by atoms with Crippen molar-refractivity contribution < 1.29 is 38.4 Å². The topological polar surface area (TPSA) is 160 Å². The van der Waals surface area contributed by atoms with E-state index in [9.17, 15) is 14.4 Å². The van der Waals surface area contributed by atoms with Crippen LogP contribution in [0.3, 0.4) is 0 Å². The smallest absolute Gasteiger partial charge is 0.305 e. The van der Waals surface area contributed by atoms with E-state index in [0.29, 0.717) is 26.4 Å².